The summed E-state index contributed by atoms with van der Waals surface area (Å²) in [6, 6.07) is 8.29. The summed E-state index contributed by atoms with van der Waals surface area (Å²) in [4.78, 5) is 30.0. The van der Waals surface area contributed by atoms with Gasteiger partial charge in [-0.1, -0.05) is 38.1 Å². The van der Waals surface area contributed by atoms with Gasteiger partial charge in [-0.15, -0.1) is 0 Å². The first-order valence-electron chi connectivity index (χ1n) is 12.2. The quantitative estimate of drug-likeness (QED) is 0.550. The lowest BCUT2D eigenvalue weighted by Crippen LogP contribution is -2.49. The van der Waals surface area contributed by atoms with Gasteiger partial charge in [-0.05, 0) is 68.1 Å². The monoisotopic (exact) mass is 440 g/mol. The highest BCUT2D eigenvalue weighted by Crippen LogP contribution is 2.30. The predicted octanol–water partition coefficient (Wildman–Crippen LogP) is 4.71. The maximum Gasteiger partial charge on any atom is 0.226 e. The number of piperidine rings is 1. The second-order valence-corrected chi connectivity index (χ2v) is 9.87. The second kappa shape index (κ2) is 11.5. The standard InChI is InChI=1S/C27H40N2O3/c1-20(2)17-26(30)28(3)25(19-21-9-8-12-24(18-21)32-4)22-13-15-29(16-14-22)27(31)23-10-6-5-7-11-23/h5-6,8-9,12,18,20,22-23,25H,7,10-11,13-17,19H2,1-4H3. The van der Waals surface area contributed by atoms with E-state index in [1.807, 2.05) is 24.1 Å². The Bertz CT molecular complexity index is 796. The first kappa shape index (κ1) is 24.3. The molecule has 2 amide bonds. The highest BCUT2D eigenvalue weighted by Gasteiger charge is 2.34. The Labute approximate surface area is 193 Å². The molecule has 3 rings (SSSR count). The van der Waals surface area contributed by atoms with Crippen molar-refractivity contribution in [3.8, 4) is 5.75 Å². The number of benzene rings is 1. The van der Waals surface area contributed by atoms with Gasteiger partial charge < -0.3 is 14.5 Å². The third-order valence-electron chi connectivity index (χ3n) is 7.07. The van der Waals surface area contributed by atoms with Crippen molar-refractivity contribution in [1.29, 1.82) is 0 Å². The highest BCUT2D eigenvalue weighted by molar-refractivity contribution is 5.79. The van der Waals surface area contributed by atoms with E-state index >= 15 is 0 Å². The molecule has 0 radical (unpaired) electrons. The van der Waals surface area contributed by atoms with Gasteiger partial charge in [-0.3, -0.25) is 9.59 Å². The van der Waals surface area contributed by atoms with Crippen LogP contribution in [0.3, 0.4) is 0 Å². The number of allylic oxidation sites excluding steroid dienone is 2. The number of rotatable bonds is 8. The molecule has 0 N–H and O–H groups in total. The van der Waals surface area contributed by atoms with Crippen LogP contribution >= 0.6 is 0 Å². The fourth-order valence-electron chi connectivity index (χ4n) is 5.12. The van der Waals surface area contributed by atoms with Crippen LogP contribution in [0.5, 0.6) is 5.75 Å². The fourth-order valence-corrected chi connectivity index (χ4v) is 5.12. The molecule has 5 nitrogen and oxygen atoms in total. The van der Waals surface area contributed by atoms with Gasteiger partial charge in [0.2, 0.25) is 11.8 Å². The molecule has 5 heteroatoms. The molecule has 2 atom stereocenters. The maximum absolute atomic E-state index is 13.0. The number of hydrogen-bond acceptors (Lipinski definition) is 3. The summed E-state index contributed by atoms with van der Waals surface area (Å²) in [7, 11) is 3.64. The minimum Gasteiger partial charge on any atom is -0.497 e. The van der Waals surface area contributed by atoms with Crippen LogP contribution in [0.4, 0.5) is 0 Å². The molecule has 2 aliphatic rings. The Morgan fingerprint density at radius 3 is 2.53 bits per heavy atom. The number of likely N-dealkylation sites (tertiary alicyclic amines) is 1. The summed E-state index contributed by atoms with van der Waals surface area (Å²) in [5.74, 6) is 2.25. The van der Waals surface area contributed by atoms with Crippen molar-refractivity contribution in [2.75, 3.05) is 27.2 Å². The smallest absolute Gasteiger partial charge is 0.226 e. The summed E-state index contributed by atoms with van der Waals surface area (Å²) in [6.07, 6.45) is 10.5. The van der Waals surface area contributed by atoms with E-state index in [1.54, 1.807) is 7.11 Å². The Morgan fingerprint density at radius 2 is 1.91 bits per heavy atom. The number of ether oxygens (including phenoxy) is 1. The predicted molar refractivity (Wildman–Crippen MR) is 128 cm³/mol. The Morgan fingerprint density at radius 1 is 1.16 bits per heavy atom. The van der Waals surface area contributed by atoms with Crippen molar-refractivity contribution in [3.05, 3.63) is 42.0 Å². The van der Waals surface area contributed by atoms with Crippen LogP contribution in [0.25, 0.3) is 0 Å². The molecule has 1 aliphatic carbocycles. The molecular weight excluding hydrogens is 400 g/mol. The Kier molecular flexibility index (Phi) is 8.77. The summed E-state index contributed by atoms with van der Waals surface area (Å²) in [5, 5.41) is 0. The van der Waals surface area contributed by atoms with E-state index in [1.165, 1.54) is 5.56 Å². The van der Waals surface area contributed by atoms with Crippen molar-refractivity contribution in [1.82, 2.24) is 9.80 Å². The van der Waals surface area contributed by atoms with Gasteiger partial charge in [0.1, 0.15) is 5.75 Å². The lowest BCUT2D eigenvalue weighted by atomic mass is 9.84. The fraction of sp³-hybridized carbons (Fsp3) is 0.630. The Hall–Kier alpha value is -2.30. The zero-order valence-electron chi connectivity index (χ0n) is 20.3. The second-order valence-electron chi connectivity index (χ2n) is 9.87. The molecule has 0 saturated carbocycles. The first-order valence-corrected chi connectivity index (χ1v) is 12.2. The molecule has 1 aliphatic heterocycles. The van der Waals surface area contributed by atoms with E-state index in [2.05, 4.69) is 43.0 Å². The SMILES string of the molecule is COc1cccc(CC(C2CCN(C(=O)C3CC=CCC3)CC2)N(C)C(=O)CC(C)C)c1. The molecule has 0 aromatic heterocycles. The summed E-state index contributed by atoms with van der Waals surface area (Å²) < 4.78 is 5.41. The van der Waals surface area contributed by atoms with Crippen molar-refractivity contribution in [2.45, 2.75) is 64.8 Å². The van der Waals surface area contributed by atoms with Crippen molar-refractivity contribution in [3.63, 3.8) is 0 Å². The normalized spacial score (nSPS) is 20.3. The molecule has 32 heavy (non-hydrogen) atoms. The summed E-state index contributed by atoms with van der Waals surface area (Å²) in [6.45, 7) is 5.77. The van der Waals surface area contributed by atoms with E-state index in [4.69, 9.17) is 4.74 Å². The van der Waals surface area contributed by atoms with Gasteiger partial charge in [-0.2, -0.15) is 0 Å². The summed E-state index contributed by atoms with van der Waals surface area (Å²) in [5.41, 5.74) is 1.19. The van der Waals surface area contributed by atoms with Crippen LogP contribution in [0.15, 0.2) is 36.4 Å². The number of nitrogens with zero attached hydrogens (tertiary/aromatic N) is 2. The molecule has 1 aromatic rings. The number of amides is 2. The Balaban J connectivity index is 1.69. The van der Waals surface area contributed by atoms with Crippen LogP contribution in [-0.4, -0.2) is 54.9 Å². The molecule has 1 saturated heterocycles. The minimum absolute atomic E-state index is 0.128. The topological polar surface area (TPSA) is 49.9 Å². The third-order valence-corrected chi connectivity index (χ3v) is 7.07. The number of carbonyl (C=O) groups excluding carboxylic acids is 2. The molecule has 1 aromatic carbocycles. The minimum atomic E-state index is 0.128. The van der Waals surface area contributed by atoms with Crippen molar-refractivity contribution < 1.29 is 14.3 Å². The average molecular weight is 441 g/mol. The lowest BCUT2D eigenvalue weighted by molar-refractivity contribution is -0.139. The van der Waals surface area contributed by atoms with E-state index in [0.29, 0.717) is 24.2 Å². The van der Waals surface area contributed by atoms with Gasteiger partial charge in [0.05, 0.1) is 7.11 Å². The van der Waals surface area contributed by atoms with Crippen LogP contribution in [0.2, 0.25) is 0 Å². The van der Waals surface area contributed by atoms with Gasteiger partial charge in [0.25, 0.3) is 0 Å². The van der Waals surface area contributed by atoms with Gasteiger partial charge in [0.15, 0.2) is 0 Å². The molecule has 0 spiro atoms. The van der Waals surface area contributed by atoms with Crippen LogP contribution in [0.1, 0.15) is 57.9 Å². The molecule has 176 valence electrons. The van der Waals surface area contributed by atoms with E-state index in [0.717, 1.165) is 57.4 Å². The number of hydrogen-bond donors (Lipinski definition) is 0. The van der Waals surface area contributed by atoms with Crippen LogP contribution < -0.4 is 4.74 Å². The van der Waals surface area contributed by atoms with E-state index in [-0.39, 0.29) is 17.9 Å². The molecule has 2 unspecified atom stereocenters. The largest absolute Gasteiger partial charge is 0.497 e. The van der Waals surface area contributed by atoms with Gasteiger partial charge in [0, 0.05) is 38.5 Å². The van der Waals surface area contributed by atoms with E-state index in [9.17, 15) is 9.59 Å². The molecule has 1 heterocycles. The van der Waals surface area contributed by atoms with Gasteiger partial charge >= 0.3 is 0 Å². The first-order chi connectivity index (χ1) is 15.4. The number of methoxy groups -OCH3 is 1. The zero-order valence-corrected chi connectivity index (χ0v) is 20.3. The van der Waals surface area contributed by atoms with E-state index < -0.39 is 0 Å². The molecule has 0 bridgehead atoms. The third kappa shape index (κ3) is 6.36. The number of carbonyl (C=O) groups is 2. The van der Waals surface area contributed by atoms with Gasteiger partial charge in [-0.25, -0.2) is 0 Å². The molecule has 1 fully saturated rings. The molecular formula is C27H40N2O3. The highest BCUT2D eigenvalue weighted by atomic mass is 16.5. The summed E-state index contributed by atoms with van der Waals surface area (Å²) >= 11 is 0. The van der Waals surface area contributed by atoms with Crippen molar-refractivity contribution in [2.24, 2.45) is 17.8 Å². The number of likely N-dealkylation sites (N-methyl/N-ethyl adjacent to an activating group) is 1. The maximum atomic E-state index is 13.0. The average Bonchev–Trinajstić information content (AvgIpc) is 2.82. The van der Waals surface area contributed by atoms with Crippen LogP contribution in [0, 0.1) is 17.8 Å². The lowest BCUT2D eigenvalue weighted by Gasteiger charge is -2.41. The zero-order chi connectivity index (χ0) is 23.1. The van der Waals surface area contributed by atoms with Crippen LogP contribution in [-0.2, 0) is 16.0 Å². The van der Waals surface area contributed by atoms with Crippen molar-refractivity contribution >= 4 is 11.8 Å².